The molecule has 3 rings (SSSR count). The number of ether oxygens (including phenoxy) is 3. The first-order valence-corrected chi connectivity index (χ1v) is 9.47. The molecule has 0 amide bonds. The van der Waals surface area contributed by atoms with Gasteiger partial charge in [-0.25, -0.2) is 0 Å². The van der Waals surface area contributed by atoms with Crippen LogP contribution in [0.1, 0.15) is 11.1 Å². The lowest BCUT2D eigenvalue weighted by atomic mass is 10.2. The number of rotatable bonds is 8. The highest BCUT2D eigenvalue weighted by Gasteiger charge is 2.10. The lowest BCUT2D eigenvalue weighted by molar-refractivity contribution is 0.284. The molecule has 0 fully saturated rings. The summed E-state index contributed by atoms with van der Waals surface area (Å²) >= 11 is 12.4. The van der Waals surface area contributed by atoms with Crippen LogP contribution in [0.4, 0.5) is 5.69 Å². The first kappa shape index (κ1) is 20.2. The van der Waals surface area contributed by atoms with Crippen molar-refractivity contribution in [2.24, 2.45) is 0 Å². The third-order valence-electron chi connectivity index (χ3n) is 4.25. The Balaban J connectivity index is 1.66. The molecule has 0 aliphatic rings. The maximum Gasteiger partial charge on any atom is 0.161 e. The van der Waals surface area contributed by atoms with E-state index in [0.717, 1.165) is 22.6 Å². The summed E-state index contributed by atoms with van der Waals surface area (Å²) in [6.07, 6.45) is 0. The Kier molecular flexibility index (Phi) is 6.90. The number of anilines is 1. The van der Waals surface area contributed by atoms with E-state index in [0.29, 0.717) is 28.1 Å². The largest absolute Gasteiger partial charge is 0.497 e. The van der Waals surface area contributed by atoms with Crippen LogP contribution < -0.4 is 19.5 Å². The Bertz CT molecular complexity index is 909. The molecule has 146 valence electrons. The molecular formula is C22H21Cl2NO3. The fourth-order valence-electron chi connectivity index (χ4n) is 2.67. The second-order valence-electron chi connectivity index (χ2n) is 6.06. The van der Waals surface area contributed by atoms with Crippen molar-refractivity contribution in [3.8, 4) is 17.2 Å². The van der Waals surface area contributed by atoms with Gasteiger partial charge in [0.15, 0.2) is 11.5 Å². The Labute approximate surface area is 175 Å². The lowest BCUT2D eigenvalue weighted by Crippen LogP contribution is -2.02. The van der Waals surface area contributed by atoms with Gasteiger partial charge in [0, 0.05) is 27.8 Å². The van der Waals surface area contributed by atoms with E-state index in [1.807, 2.05) is 42.5 Å². The van der Waals surface area contributed by atoms with Crippen molar-refractivity contribution in [1.82, 2.24) is 0 Å². The SMILES string of the molecule is COc1ccc(NCc2ccc(OCc3c(Cl)cccc3Cl)c(OC)c2)cc1. The Morgan fingerprint density at radius 3 is 2.18 bits per heavy atom. The summed E-state index contributed by atoms with van der Waals surface area (Å²) in [4.78, 5) is 0. The molecule has 4 nitrogen and oxygen atoms in total. The summed E-state index contributed by atoms with van der Waals surface area (Å²) in [5, 5.41) is 4.52. The highest BCUT2D eigenvalue weighted by molar-refractivity contribution is 6.35. The average molecular weight is 418 g/mol. The van der Waals surface area contributed by atoms with Gasteiger partial charge < -0.3 is 19.5 Å². The zero-order chi connectivity index (χ0) is 19.9. The molecule has 0 spiro atoms. The van der Waals surface area contributed by atoms with Gasteiger partial charge in [0.2, 0.25) is 0 Å². The minimum absolute atomic E-state index is 0.262. The van der Waals surface area contributed by atoms with Gasteiger partial charge in [0.1, 0.15) is 12.4 Å². The Morgan fingerprint density at radius 1 is 0.821 bits per heavy atom. The van der Waals surface area contributed by atoms with Crippen molar-refractivity contribution in [1.29, 1.82) is 0 Å². The molecule has 28 heavy (non-hydrogen) atoms. The van der Waals surface area contributed by atoms with Crippen molar-refractivity contribution >= 4 is 28.9 Å². The molecule has 0 bridgehead atoms. The Morgan fingerprint density at radius 2 is 1.54 bits per heavy atom. The molecule has 0 radical (unpaired) electrons. The number of methoxy groups -OCH3 is 2. The van der Waals surface area contributed by atoms with Gasteiger partial charge in [0.05, 0.1) is 14.2 Å². The summed E-state index contributed by atoms with van der Waals surface area (Å²) in [6.45, 7) is 0.914. The standard InChI is InChI=1S/C22H21Cl2NO3/c1-26-17-9-7-16(8-10-17)25-13-15-6-11-21(22(12-15)27-2)28-14-18-19(23)4-3-5-20(18)24/h3-12,25H,13-14H2,1-2H3. The van der Waals surface area contributed by atoms with Gasteiger partial charge in [-0.05, 0) is 54.1 Å². The van der Waals surface area contributed by atoms with Crippen LogP contribution in [0.15, 0.2) is 60.7 Å². The Hall–Kier alpha value is -2.56. The van der Waals surface area contributed by atoms with Crippen LogP contribution in [0.5, 0.6) is 17.2 Å². The number of nitrogens with one attached hydrogen (secondary N) is 1. The third kappa shape index (κ3) is 5.03. The molecule has 3 aromatic rings. The molecule has 3 aromatic carbocycles. The fourth-order valence-corrected chi connectivity index (χ4v) is 3.18. The summed E-state index contributed by atoms with van der Waals surface area (Å²) in [5.41, 5.74) is 2.82. The molecule has 0 saturated carbocycles. The van der Waals surface area contributed by atoms with Crippen molar-refractivity contribution in [2.75, 3.05) is 19.5 Å². The topological polar surface area (TPSA) is 39.7 Å². The number of benzene rings is 3. The van der Waals surface area contributed by atoms with E-state index in [-0.39, 0.29) is 6.61 Å². The maximum absolute atomic E-state index is 6.20. The highest BCUT2D eigenvalue weighted by Crippen LogP contribution is 2.31. The third-order valence-corrected chi connectivity index (χ3v) is 4.96. The second kappa shape index (κ2) is 9.58. The maximum atomic E-state index is 6.20. The van der Waals surface area contributed by atoms with Crippen molar-refractivity contribution in [2.45, 2.75) is 13.2 Å². The number of hydrogen-bond acceptors (Lipinski definition) is 4. The molecular weight excluding hydrogens is 397 g/mol. The van der Waals surface area contributed by atoms with Gasteiger partial charge in [-0.3, -0.25) is 0 Å². The number of hydrogen-bond donors (Lipinski definition) is 1. The minimum atomic E-state index is 0.262. The molecule has 0 unspecified atom stereocenters. The predicted octanol–water partition coefficient (Wildman–Crippen LogP) is 6.20. The summed E-state index contributed by atoms with van der Waals surface area (Å²) in [6, 6.07) is 19.0. The van der Waals surface area contributed by atoms with Crippen LogP contribution >= 0.6 is 23.2 Å². The molecule has 0 aromatic heterocycles. The summed E-state index contributed by atoms with van der Waals surface area (Å²) < 4.78 is 16.5. The molecule has 6 heteroatoms. The van der Waals surface area contributed by atoms with Gasteiger partial charge in [0.25, 0.3) is 0 Å². The summed E-state index contributed by atoms with van der Waals surface area (Å²) in [7, 11) is 3.27. The zero-order valence-corrected chi connectivity index (χ0v) is 17.2. The van der Waals surface area contributed by atoms with Crippen LogP contribution in [0, 0.1) is 0 Å². The molecule has 0 saturated heterocycles. The smallest absolute Gasteiger partial charge is 0.161 e. The van der Waals surface area contributed by atoms with Crippen molar-refractivity contribution < 1.29 is 14.2 Å². The molecule has 0 aliphatic carbocycles. The first-order chi connectivity index (χ1) is 13.6. The number of halogens is 2. The van der Waals surface area contributed by atoms with E-state index in [9.17, 15) is 0 Å². The van der Waals surface area contributed by atoms with E-state index in [1.54, 1.807) is 32.4 Å². The second-order valence-corrected chi connectivity index (χ2v) is 6.87. The van der Waals surface area contributed by atoms with Gasteiger partial charge in [-0.1, -0.05) is 35.3 Å². The van der Waals surface area contributed by atoms with Crippen LogP contribution in [0.2, 0.25) is 10.0 Å². The predicted molar refractivity (Wildman–Crippen MR) is 114 cm³/mol. The zero-order valence-electron chi connectivity index (χ0n) is 15.7. The molecule has 0 atom stereocenters. The van der Waals surface area contributed by atoms with E-state index in [2.05, 4.69) is 5.32 Å². The van der Waals surface area contributed by atoms with Crippen molar-refractivity contribution in [3.05, 3.63) is 81.8 Å². The quantitative estimate of drug-likeness (QED) is 0.473. The first-order valence-electron chi connectivity index (χ1n) is 8.71. The van der Waals surface area contributed by atoms with E-state index < -0.39 is 0 Å². The van der Waals surface area contributed by atoms with Crippen LogP contribution in [-0.4, -0.2) is 14.2 Å². The van der Waals surface area contributed by atoms with Gasteiger partial charge in [-0.15, -0.1) is 0 Å². The minimum Gasteiger partial charge on any atom is -0.497 e. The van der Waals surface area contributed by atoms with Crippen LogP contribution in [0.3, 0.4) is 0 Å². The van der Waals surface area contributed by atoms with Gasteiger partial charge in [-0.2, -0.15) is 0 Å². The summed E-state index contributed by atoms with van der Waals surface area (Å²) in [5.74, 6) is 2.11. The van der Waals surface area contributed by atoms with E-state index in [4.69, 9.17) is 37.4 Å². The van der Waals surface area contributed by atoms with E-state index in [1.165, 1.54) is 0 Å². The normalized spacial score (nSPS) is 10.4. The van der Waals surface area contributed by atoms with Gasteiger partial charge >= 0.3 is 0 Å². The van der Waals surface area contributed by atoms with Crippen LogP contribution in [-0.2, 0) is 13.2 Å². The monoisotopic (exact) mass is 417 g/mol. The van der Waals surface area contributed by atoms with Crippen LogP contribution in [0.25, 0.3) is 0 Å². The highest BCUT2D eigenvalue weighted by atomic mass is 35.5. The van der Waals surface area contributed by atoms with E-state index >= 15 is 0 Å². The fraction of sp³-hybridized carbons (Fsp3) is 0.182. The molecule has 0 aliphatic heterocycles. The lowest BCUT2D eigenvalue weighted by Gasteiger charge is -2.14. The molecule has 0 heterocycles. The average Bonchev–Trinajstić information content (AvgIpc) is 2.72. The molecule has 1 N–H and O–H groups in total. The van der Waals surface area contributed by atoms with Crippen molar-refractivity contribution in [3.63, 3.8) is 0 Å².